The maximum absolute atomic E-state index is 13.3. The van der Waals surface area contributed by atoms with Crippen molar-refractivity contribution in [2.45, 2.75) is 71.0 Å². The number of aromatic nitrogens is 1. The van der Waals surface area contributed by atoms with Crippen LogP contribution >= 0.6 is 0 Å². The van der Waals surface area contributed by atoms with Crippen molar-refractivity contribution in [3.05, 3.63) is 71.9 Å². The lowest BCUT2D eigenvalue weighted by atomic mass is 9.77. The van der Waals surface area contributed by atoms with E-state index in [0.717, 1.165) is 28.3 Å². The number of hydrogen-bond donors (Lipinski definition) is 4. The zero-order valence-corrected chi connectivity index (χ0v) is 22.3. The molecule has 2 atom stereocenters. The van der Waals surface area contributed by atoms with Crippen molar-refractivity contribution in [1.82, 2.24) is 15.6 Å². The summed E-state index contributed by atoms with van der Waals surface area (Å²) in [7, 11) is 0. The molecular formula is C30H40N4O3. The molecule has 1 heterocycles. The summed E-state index contributed by atoms with van der Waals surface area (Å²) in [6, 6.07) is 16.1. The lowest BCUT2D eigenvalue weighted by Crippen LogP contribution is -2.51. The van der Waals surface area contributed by atoms with Crippen molar-refractivity contribution < 1.29 is 14.4 Å². The number of aldehydes is 1. The van der Waals surface area contributed by atoms with Gasteiger partial charge in [-0.3, -0.25) is 14.9 Å². The number of carbonyl (C=O) groups is 3. The standard InChI is InChI=1S/C30H40N4O3/c1-29(2,20-30(3,4)31)16-24(36)18-33-27(14-21-10-6-5-7-11-21)28(37)34-23(19-35)15-22-17-32-26-13-9-8-12-25(22)26/h5-13,17,19,23,27,32-33H,14-16,18,20,31H2,1-4H3,(H,34,37). The van der Waals surface area contributed by atoms with E-state index < -0.39 is 12.1 Å². The van der Waals surface area contributed by atoms with Gasteiger partial charge in [0.25, 0.3) is 0 Å². The van der Waals surface area contributed by atoms with E-state index in [-0.39, 0.29) is 29.2 Å². The molecule has 198 valence electrons. The van der Waals surface area contributed by atoms with E-state index in [4.69, 9.17) is 5.73 Å². The maximum Gasteiger partial charge on any atom is 0.238 e. The first-order chi connectivity index (χ1) is 17.5. The number of nitrogens with one attached hydrogen (secondary N) is 3. The van der Waals surface area contributed by atoms with Gasteiger partial charge >= 0.3 is 0 Å². The molecule has 1 amide bonds. The second kappa shape index (κ2) is 12.3. The normalized spacial score (nSPS) is 13.8. The summed E-state index contributed by atoms with van der Waals surface area (Å²) >= 11 is 0. The molecule has 37 heavy (non-hydrogen) atoms. The molecule has 0 spiro atoms. The summed E-state index contributed by atoms with van der Waals surface area (Å²) < 4.78 is 0. The Morgan fingerprint density at radius 2 is 1.68 bits per heavy atom. The van der Waals surface area contributed by atoms with Crippen LogP contribution in [-0.2, 0) is 27.2 Å². The SMILES string of the molecule is CC(C)(N)CC(C)(C)CC(=O)CNC(Cc1ccccc1)C(=O)NC(C=O)Cc1c[nH]c2ccccc12. The smallest absolute Gasteiger partial charge is 0.238 e. The number of H-pyrrole nitrogens is 1. The fraction of sp³-hybridized carbons (Fsp3) is 0.433. The van der Waals surface area contributed by atoms with Crippen molar-refractivity contribution in [3.63, 3.8) is 0 Å². The molecule has 0 saturated carbocycles. The summed E-state index contributed by atoms with van der Waals surface area (Å²) in [6.45, 7) is 8.04. The number of para-hydroxylation sites is 1. The molecule has 0 saturated heterocycles. The van der Waals surface area contributed by atoms with Gasteiger partial charge in [-0.1, -0.05) is 62.4 Å². The van der Waals surface area contributed by atoms with E-state index in [1.54, 1.807) is 0 Å². The van der Waals surface area contributed by atoms with E-state index >= 15 is 0 Å². The highest BCUT2D eigenvalue weighted by Crippen LogP contribution is 2.30. The molecule has 2 unspecified atom stereocenters. The average molecular weight is 505 g/mol. The summed E-state index contributed by atoms with van der Waals surface area (Å²) in [6.07, 6.45) is 4.47. The van der Waals surface area contributed by atoms with Crippen molar-refractivity contribution in [1.29, 1.82) is 0 Å². The molecule has 2 aromatic carbocycles. The van der Waals surface area contributed by atoms with Crippen LogP contribution < -0.4 is 16.4 Å². The Balaban J connectivity index is 1.67. The Morgan fingerprint density at radius 3 is 2.35 bits per heavy atom. The van der Waals surface area contributed by atoms with Gasteiger partial charge in [-0.15, -0.1) is 0 Å². The molecule has 7 nitrogen and oxygen atoms in total. The third-order valence-electron chi connectivity index (χ3n) is 6.36. The van der Waals surface area contributed by atoms with Crippen LogP contribution in [0.3, 0.4) is 0 Å². The Morgan fingerprint density at radius 1 is 1.00 bits per heavy atom. The molecule has 0 aliphatic heterocycles. The Bertz CT molecular complexity index is 1190. The molecule has 7 heteroatoms. The number of hydrogen-bond acceptors (Lipinski definition) is 5. The predicted molar refractivity (Wildman–Crippen MR) is 148 cm³/mol. The maximum atomic E-state index is 13.3. The largest absolute Gasteiger partial charge is 0.361 e. The van der Waals surface area contributed by atoms with Crippen LogP contribution in [0.1, 0.15) is 51.7 Å². The van der Waals surface area contributed by atoms with E-state index in [1.165, 1.54) is 0 Å². The highest BCUT2D eigenvalue weighted by atomic mass is 16.2. The van der Waals surface area contributed by atoms with Crippen molar-refractivity contribution >= 4 is 28.9 Å². The summed E-state index contributed by atoms with van der Waals surface area (Å²) in [4.78, 5) is 41.3. The quantitative estimate of drug-likeness (QED) is 0.250. The third-order valence-corrected chi connectivity index (χ3v) is 6.36. The Hall–Kier alpha value is -3.29. The number of ketones is 1. The number of Topliss-reactive ketones (excluding diaryl/α,β-unsaturated/α-hetero) is 1. The third kappa shape index (κ3) is 8.95. The van der Waals surface area contributed by atoms with Gasteiger partial charge in [0.05, 0.1) is 18.6 Å². The monoisotopic (exact) mass is 504 g/mol. The van der Waals surface area contributed by atoms with Crippen LogP contribution in [-0.4, -0.2) is 47.1 Å². The molecule has 0 radical (unpaired) electrons. The van der Waals surface area contributed by atoms with Crippen LogP contribution in [0.25, 0.3) is 10.9 Å². The molecule has 0 bridgehead atoms. The Kier molecular flexibility index (Phi) is 9.40. The molecule has 5 N–H and O–H groups in total. The van der Waals surface area contributed by atoms with E-state index in [2.05, 4.69) is 15.6 Å². The number of nitrogens with two attached hydrogens (primary N) is 1. The highest BCUT2D eigenvalue weighted by Gasteiger charge is 2.29. The minimum Gasteiger partial charge on any atom is -0.361 e. The second-order valence-electron chi connectivity index (χ2n) is 11.5. The molecule has 3 rings (SSSR count). The molecule has 3 aromatic rings. The van der Waals surface area contributed by atoms with Gasteiger partial charge in [0.1, 0.15) is 12.1 Å². The van der Waals surface area contributed by atoms with Gasteiger partial charge in [0.2, 0.25) is 5.91 Å². The van der Waals surface area contributed by atoms with Gasteiger partial charge in [-0.2, -0.15) is 0 Å². The van der Waals surface area contributed by atoms with E-state index in [0.29, 0.717) is 25.7 Å². The second-order valence-corrected chi connectivity index (χ2v) is 11.5. The van der Waals surface area contributed by atoms with Gasteiger partial charge < -0.3 is 20.8 Å². The number of rotatable bonds is 14. The highest BCUT2D eigenvalue weighted by molar-refractivity contribution is 5.87. The zero-order chi connectivity index (χ0) is 27.1. The lowest BCUT2D eigenvalue weighted by Gasteiger charge is -2.32. The first kappa shape index (κ1) is 28.3. The lowest BCUT2D eigenvalue weighted by molar-refractivity contribution is -0.126. The minimum atomic E-state index is -0.687. The molecule has 0 aliphatic rings. The number of carbonyl (C=O) groups excluding carboxylic acids is 3. The number of benzene rings is 2. The van der Waals surface area contributed by atoms with E-state index in [9.17, 15) is 14.4 Å². The fourth-order valence-electron chi connectivity index (χ4n) is 5.19. The van der Waals surface area contributed by atoms with E-state index in [1.807, 2.05) is 88.5 Å². The Labute approximate surface area is 219 Å². The number of aromatic amines is 1. The van der Waals surface area contributed by atoms with Crippen LogP contribution in [0.2, 0.25) is 0 Å². The van der Waals surface area contributed by atoms with Gasteiger partial charge in [0, 0.05) is 35.5 Å². The zero-order valence-electron chi connectivity index (χ0n) is 22.3. The average Bonchev–Trinajstić information content (AvgIpc) is 3.22. The van der Waals surface area contributed by atoms with Gasteiger partial charge in [0.15, 0.2) is 0 Å². The van der Waals surface area contributed by atoms with Crippen molar-refractivity contribution in [2.75, 3.05) is 6.54 Å². The fourth-order valence-corrected chi connectivity index (χ4v) is 5.19. The number of amides is 1. The van der Waals surface area contributed by atoms with Gasteiger partial charge in [-0.25, -0.2) is 0 Å². The molecule has 0 aliphatic carbocycles. The summed E-state index contributed by atoms with van der Waals surface area (Å²) in [5, 5.41) is 7.06. The van der Waals surface area contributed by atoms with Gasteiger partial charge in [-0.05, 0) is 49.3 Å². The first-order valence-electron chi connectivity index (χ1n) is 12.8. The topological polar surface area (TPSA) is 117 Å². The minimum absolute atomic E-state index is 0.0193. The number of fused-ring (bicyclic) bond motifs is 1. The van der Waals surface area contributed by atoms with Crippen molar-refractivity contribution in [2.24, 2.45) is 11.1 Å². The van der Waals surface area contributed by atoms with Crippen LogP contribution in [0, 0.1) is 5.41 Å². The summed E-state index contributed by atoms with van der Waals surface area (Å²) in [5.74, 6) is -0.290. The summed E-state index contributed by atoms with van der Waals surface area (Å²) in [5.41, 5.74) is 8.45. The van der Waals surface area contributed by atoms with Crippen molar-refractivity contribution in [3.8, 4) is 0 Å². The molecular weight excluding hydrogens is 464 g/mol. The predicted octanol–water partition coefficient (Wildman–Crippen LogP) is 3.71. The first-order valence-corrected chi connectivity index (χ1v) is 12.8. The van der Waals surface area contributed by atoms with Crippen LogP contribution in [0.4, 0.5) is 0 Å². The van der Waals surface area contributed by atoms with Crippen LogP contribution in [0.15, 0.2) is 60.8 Å². The molecule has 1 aromatic heterocycles. The van der Waals surface area contributed by atoms with Crippen LogP contribution in [0.5, 0.6) is 0 Å². The molecule has 0 fully saturated rings.